The molecule has 3 nitrogen and oxygen atoms in total. The second-order valence-corrected chi connectivity index (χ2v) is 5.00. The van der Waals surface area contributed by atoms with Gasteiger partial charge in [0.25, 0.3) is 0 Å². The Bertz CT molecular complexity index is 315. The average Bonchev–Trinajstić information content (AvgIpc) is 2.59. The summed E-state index contributed by atoms with van der Waals surface area (Å²) >= 11 is 0. The van der Waals surface area contributed by atoms with Gasteiger partial charge in [-0.1, -0.05) is 20.8 Å². The van der Waals surface area contributed by atoms with Crippen LogP contribution >= 0.6 is 0 Å². The van der Waals surface area contributed by atoms with Crippen LogP contribution in [0.2, 0.25) is 0 Å². The Hall–Kier alpha value is -0.830. The van der Waals surface area contributed by atoms with Gasteiger partial charge in [0, 0.05) is 24.3 Å². The first-order chi connectivity index (χ1) is 7.54. The average molecular weight is 223 g/mol. The van der Waals surface area contributed by atoms with E-state index in [1.807, 2.05) is 0 Å². The predicted octanol–water partition coefficient (Wildman–Crippen LogP) is 2.91. The van der Waals surface area contributed by atoms with Crippen LogP contribution in [0.4, 0.5) is 0 Å². The summed E-state index contributed by atoms with van der Waals surface area (Å²) in [5.41, 5.74) is 2.47. The molecule has 0 aliphatic rings. The maximum atomic E-state index is 4.56. The third kappa shape index (κ3) is 3.63. The van der Waals surface area contributed by atoms with Gasteiger partial charge in [0.05, 0.1) is 5.69 Å². The van der Waals surface area contributed by atoms with Gasteiger partial charge in [-0.2, -0.15) is 5.10 Å². The Labute approximate surface area is 99.2 Å². The summed E-state index contributed by atoms with van der Waals surface area (Å²) in [5.74, 6) is 0.699. The molecule has 1 aromatic heterocycles. The zero-order valence-electron chi connectivity index (χ0n) is 11.2. The summed E-state index contributed by atoms with van der Waals surface area (Å²) in [6, 6.07) is 0.498. The molecule has 16 heavy (non-hydrogen) atoms. The SMILES string of the molecule is CCC(C)n1cc(CNCC(C)C)c(C)n1. The van der Waals surface area contributed by atoms with Crippen molar-refractivity contribution in [2.75, 3.05) is 6.54 Å². The lowest BCUT2D eigenvalue weighted by atomic mass is 10.2. The van der Waals surface area contributed by atoms with Crippen molar-refractivity contribution in [3.63, 3.8) is 0 Å². The molecule has 0 aliphatic heterocycles. The number of nitrogens with zero attached hydrogens (tertiary/aromatic N) is 2. The van der Waals surface area contributed by atoms with E-state index in [2.05, 4.69) is 55.9 Å². The highest BCUT2D eigenvalue weighted by Gasteiger charge is 2.08. The number of hydrogen-bond acceptors (Lipinski definition) is 2. The van der Waals surface area contributed by atoms with Crippen molar-refractivity contribution >= 4 is 0 Å². The topological polar surface area (TPSA) is 29.9 Å². The molecular formula is C13H25N3. The Balaban J connectivity index is 2.56. The number of nitrogens with one attached hydrogen (secondary N) is 1. The molecule has 0 saturated carbocycles. The van der Waals surface area contributed by atoms with Gasteiger partial charge in [-0.3, -0.25) is 4.68 Å². The molecule has 1 rings (SSSR count). The molecule has 0 amide bonds. The van der Waals surface area contributed by atoms with Crippen molar-refractivity contribution < 1.29 is 0 Å². The zero-order chi connectivity index (χ0) is 12.1. The Kier molecular flexibility index (Phi) is 5.00. The standard InChI is InChI=1S/C13H25N3/c1-6-11(4)16-9-13(12(5)15-16)8-14-7-10(2)3/h9-11,14H,6-8H2,1-5H3. The van der Waals surface area contributed by atoms with Crippen molar-refractivity contribution in [1.82, 2.24) is 15.1 Å². The van der Waals surface area contributed by atoms with Crippen LogP contribution < -0.4 is 5.32 Å². The van der Waals surface area contributed by atoms with Crippen LogP contribution in [0.1, 0.15) is 51.4 Å². The summed E-state index contributed by atoms with van der Waals surface area (Å²) in [7, 11) is 0. The van der Waals surface area contributed by atoms with Crippen LogP contribution in [0, 0.1) is 12.8 Å². The summed E-state index contributed by atoms with van der Waals surface area (Å²) < 4.78 is 2.09. The molecule has 0 fully saturated rings. The fourth-order valence-electron chi connectivity index (χ4n) is 1.60. The summed E-state index contributed by atoms with van der Waals surface area (Å²) in [6.07, 6.45) is 3.30. The molecule has 1 heterocycles. The summed E-state index contributed by atoms with van der Waals surface area (Å²) in [5, 5.41) is 8.01. The second-order valence-electron chi connectivity index (χ2n) is 5.00. The van der Waals surface area contributed by atoms with Crippen molar-refractivity contribution in [2.24, 2.45) is 5.92 Å². The fraction of sp³-hybridized carbons (Fsp3) is 0.769. The molecule has 0 radical (unpaired) electrons. The van der Waals surface area contributed by atoms with E-state index >= 15 is 0 Å². The van der Waals surface area contributed by atoms with E-state index in [-0.39, 0.29) is 0 Å². The first kappa shape index (κ1) is 13.2. The minimum Gasteiger partial charge on any atom is -0.312 e. The molecule has 1 aromatic rings. The van der Waals surface area contributed by atoms with E-state index < -0.39 is 0 Å². The van der Waals surface area contributed by atoms with Crippen LogP contribution in [0.15, 0.2) is 6.20 Å². The smallest absolute Gasteiger partial charge is 0.0638 e. The maximum absolute atomic E-state index is 4.56. The third-order valence-electron chi connectivity index (χ3n) is 2.93. The van der Waals surface area contributed by atoms with Gasteiger partial charge < -0.3 is 5.32 Å². The van der Waals surface area contributed by atoms with Crippen LogP contribution in [0.25, 0.3) is 0 Å². The normalized spacial score (nSPS) is 13.4. The first-order valence-corrected chi connectivity index (χ1v) is 6.29. The van der Waals surface area contributed by atoms with E-state index in [9.17, 15) is 0 Å². The van der Waals surface area contributed by atoms with E-state index in [1.165, 1.54) is 5.56 Å². The summed E-state index contributed by atoms with van der Waals surface area (Å²) in [6.45, 7) is 12.9. The Morgan fingerprint density at radius 1 is 1.38 bits per heavy atom. The summed E-state index contributed by atoms with van der Waals surface area (Å²) in [4.78, 5) is 0. The van der Waals surface area contributed by atoms with Crippen LogP contribution in [0.5, 0.6) is 0 Å². The zero-order valence-corrected chi connectivity index (χ0v) is 11.2. The molecule has 0 bridgehead atoms. The lowest BCUT2D eigenvalue weighted by Crippen LogP contribution is -2.19. The number of aromatic nitrogens is 2. The molecule has 0 saturated heterocycles. The number of rotatable bonds is 6. The third-order valence-corrected chi connectivity index (χ3v) is 2.93. The molecule has 1 N–H and O–H groups in total. The van der Waals surface area contributed by atoms with Gasteiger partial charge in [0.1, 0.15) is 0 Å². The molecule has 1 atom stereocenters. The molecule has 0 aromatic carbocycles. The molecular weight excluding hydrogens is 198 g/mol. The molecule has 0 spiro atoms. The minimum atomic E-state index is 0.498. The van der Waals surface area contributed by atoms with Gasteiger partial charge in [0.15, 0.2) is 0 Å². The highest BCUT2D eigenvalue weighted by Crippen LogP contribution is 2.13. The highest BCUT2D eigenvalue weighted by molar-refractivity contribution is 5.15. The fourth-order valence-corrected chi connectivity index (χ4v) is 1.60. The monoisotopic (exact) mass is 223 g/mol. The van der Waals surface area contributed by atoms with Crippen molar-refractivity contribution in [1.29, 1.82) is 0 Å². The molecule has 0 aliphatic carbocycles. The lowest BCUT2D eigenvalue weighted by Gasteiger charge is -2.08. The van der Waals surface area contributed by atoms with E-state index in [4.69, 9.17) is 0 Å². The Morgan fingerprint density at radius 2 is 2.06 bits per heavy atom. The van der Waals surface area contributed by atoms with Crippen molar-refractivity contribution in [2.45, 2.75) is 53.6 Å². The highest BCUT2D eigenvalue weighted by atomic mass is 15.3. The minimum absolute atomic E-state index is 0.498. The van der Waals surface area contributed by atoms with Gasteiger partial charge in [-0.25, -0.2) is 0 Å². The van der Waals surface area contributed by atoms with Crippen molar-refractivity contribution in [3.05, 3.63) is 17.5 Å². The second kappa shape index (κ2) is 6.04. The molecule has 92 valence electrons. The quantitative estimate of drug-likeness (QED) is 0.803. The Morgan fingerprint density at radius 3 is 2.62 bits per heavy atom. The number of hydrogen-bond donors (Lipinski definition) is 1. The molecule has 1 unspecified atom stereocenters. The van der Waals surface area contributed by atoms with Gasteiger partial charge in [-0.15, -0.1) is 0 Å². The van der Waals surface area contributed by atoms with E-state index in [1.54, 1.807) is 0 Å². The van der Waals surface area contributed by atoms with E-state index in [0.717, 1.165) is 25.2 Å². The lowest BCUT2D eigenvalue weighted by molar-refractivity contribution is 0.475. The van der Waals surface area contributed by atoms with Crippen LogP contribution in [-0.4, -0.2) is 16.3 Å². The maximum Gasteiger partial charge on any atom is 0.0638 e. The van der Waals surface area contributed by atoms with Crippen LogP contribution in [0.3, 0.4) is 0 Å². The predicted molar refractivity (Wildman–Crippen MR) is 68.5 cm³/mol. The van der Waals surface area contributed by atoms with Gasteiger partial charge in [0.2, 0.25) is 0 Å². The van der Waals surface area contributed by atoms with Crippen LogP contribution in [-0.2, 0) is 6.54 Å². The largest absolute Gasteiger partial charge is 0.312 e. The molecule has 3 heteroatoms. The van der Waals surface area contributed by atoms with E-state index in [0.29, 0.717) is 12.0 Å². The number of aryl methyl sites for hydroxylation is 1. The first-order valence-electron chi connectivity index (χ1n) is 6.29. The van der Waals surface area contributed by atoms with Gasteiger partial charge >= 0.3 is 0 Å². The van der Waals surface area contributed by atoms with Crippen molar-refractivity contribution in [3.8, 4) is 0 Å². The van der Waals surface area contributed by atoms with Gasteiger partial charge in [-0.05, 0) is 32.7 Å².